The van der Waals surface area contributed by atoms with Crippen LogP contribution in [0.3, 0.4) is 0 Å². The third-order valence-corrected chi connectivity index (χ3v) is 4.01. The predicted molar refractivity (Wildman–Crippen MR) is 101 cm³/mol. The van der Waals surface area contributed by atoms with Crippen molar-refractivity contribution in [2.24, 2.45) is 0 Å². The molecule has 0 atom stereocenters. The first kappa shape index (κ1) is 17.0. The summed E-state index contributed by atoms with van der Waals surface area (Å²) in [6.45, 7) is 1.45. The number of aromatic nitrogens is 1. The molecular weight excluding hydrogens is 310 g/mol. The summed E-state index contributed by atoms with van der Waals surface area (Å²) in [6.07, 6.45) is 3.96. The third-order valence-electron chi connectivity index (χ3n) is 4.01. The normalized spacial score (nSPS) is 10.8. The fourth-order valence-electron chi connectivity index (χ4n) is 2.70. The maximum Gasteiger partial charge on any atom is 0.251 e. The van der Waals surface area contributed by atoms with Crippen LogP contribution >= 0.6 is 0 Å². The van der Waals surface area contributed by atoms with Crippen LogP contribution in [-0.2, 0) is 13.1 Å². The van der Waals surface area contributed by atoms with Gasteiger partial charge < -0.3 is 14.8 Å². The van der Waals surface area contributed by atoms with Gasteiger partial charge in [0.1, 0.15) is 0 Å². The number of amides is 1. The van der Waals surface area contributed by atoms with Crippen molar-refractivity contribution in [2.75, 3.05) is 14.1 Å². The van der Waals surface area contributed by atoms with Crippen LogP contribution in [0.1, 0.15) is 21.5 Å². The highest BCUT2D eigenvalue weighted by atomic mass is 16.1. The molecule has 25 heavy (non-hydrogen) atoms. The summed E-state index contributed by atoms with van der Waals surface area (Å²) in [6, 6.07) is 19.9. The molecule has 0 aliphatic carbocycles. The van der Waals surface area contributed by atoms with Crippen molar-refractivity contribution in [3.63, 3.8) is 0 Å². The molecule has 4 nitrogen and oxygen atoms in total. The molecule has 0 radical (unpaired) electrons. The van der Waals surface area contributed by atoms with Gasteiger partial charge in [0.15, 0.2) is 0 Å². The van der Waals surface area contributed by atoms with Crippen LogP contribution in [-0.4, -0.2) is 29.5 Å². The van der Waals surface area contributed by atoms with E-state index in [1.54, 1.807) is 0 Å². The van der Waals surface area contributed by atoms with E-state index in [-0.39, 0.29) is 5.91 Å². The Bertz CT molecular complexity index is 803. The first-order chi connectivity index (χ1) is 12.1. The molecule has 1 N–H and O–H groups in total. The predicted octanol–water partition coefficient (Wildman–Crippen LogP) is 3.47. The molecule has 0 spiro atoms. The minimum atomic E-state index is -0.0589. The lowest BCUT2D eigenvalue weighted by Crippen LogP contribution is -2.22. The lowest BCUT2D eigenvalue weighted by molar-refractivity contribution is 0.0951. The van der Waals surface area contributed by atoms with E-state index in [1.165, 1.54) is 5.56 Å². The van der Waals surface area contributed by atoms with E-state index >= 15 is 0 Å². The molecule has 0 saturated carbocycles. The summed E-state index contributed by atoms with van der Waals surface area (Å²) < 4.78 is 2.01. The van der Waals surface area contributed by atoms with Gasteiger partial charge in [-0.2, -0.15) is 0 Å². The van der Waals surface area contributed by atoms with Crippen LogP contribution in [0, 0.1) is 0 Å². The largest absolute Gasteiger partial charge is 0.348 e. The van der Waals surface area contributed by atoms with Crippen LogP contribution in [0.5, 0.6) is 0 Å². The zero-order valence-corrected chi connectivity index (χ0v) is 14.6. The Balaban J connectivity index is 1.57. The van der Waals surface area contributed by atoms with Crippen molar-refractivity contribution in [1.82, 2.24) is 14.8 Å². The van der Waals surface area contributed by atoms with Crippen molar-refractivity contribution >= 4 is 5.91 Å². The molecule has 4 heteroatoms. The molecule has 1 amide bonds. The number of hydrogen-bond donors (Lipinski definition) is 1. The first-order valence-corrected chi connectivity index (χ1v) is 8.36. The summed E-state index contributed by atoms with van der Waals surface area (Å²) in [4.78, 5) is 14.4. The van der Waals surface area contributed by atoms with Crippen molar-refractivity contribution in [3.05, 3.63) is 89.7 Å². The zero-order chi connectivity index (χ0) is 17.6. The molecule has 3 rings (SSSR count). The molecule has 128 valence electrons. The third kappa shape index (κ3) is 4.58. The number of carbonyl (C=O) groups is 1. The fourth-order valence-corrected chi connectivity index (χ4v) is 2.70. The highest BCUT2D eigenvalue weighted by Crippen LogP contribution is 2.11. The monoisotopic (exact) mass is 333 g/mol. The maximum absolute atomic E-state index is 12.3. The second kappa shape index (κ2) is 7.81. The van der Waals surface area contributed by atoms with Crippen molar-refractivity contribution in [1.29, 1.82) is 0 Å². The van der Waals surface area contributed by atoms with Crippen LogP contribution < -0.4 is 5.32 Å². The Morgan fingerprint density at radius 3 is 2.12 bits per heavy atom. The summed E-state index contributed by atoms with van der Waals surface area (Å²) >= 11 is 0. The van der Waals surface area contributed by atoms with Crippen molar-refractivity contribution < 1.29 is 4.79 Å². The lowest BCUT2D eigenvalue weighted by Gasteiger charge is -2.11. The number of carbonyl (C=O) groups excluding carboxylic acids is 1. The van der Waals surface area contributed by atoms with E-state index in [2.05, 4.69) is 48.6 Å². The zero-order valence-electron chi connectivity index (χ0n) is 14.6. The van der Waals surface area contributed by atoms with Gasteiger partial charge in [-0.15, -0.1) is 0 Å². The minimum Gasteiger partial charge on any atom is -0.348 e. The molecule has 0 aliphatic heterocycles. The molecule has 0 saturated heterocycles. The highest BCUT2D eigenvalue weighted by Gasteiger charge is 2.06. The summed E-state index contributed by atoms with van der Waals surface area (Å²) in [5.41, 5.74) is 4.07. The van der Waals surface area contributed by atoms with E-state index < -0.39 is 0 Å². The SMILES string of the molecule is CN(C)Cc1ccc(CNC(=O)c2ccc(-n3cccc3)cc2)cc1. The number of rotatable bonds is 6. The summed E-state index contributed by atoms with van der Waals surface area (Å²) in [5.74, 6) is -0.0589. The quantitative estimate of drug-likeness (QED) is 0.750. The van der Waals surface area contributed by atoms with Gasteiger partial charge in [0.05, 0.1) is 0 Å². The first-order valence-electron chi connectivity index (χ1n) is 8.36. The van der Waals surface area contributed by atoms with Crippen LogP contribution in [0.25, 0.3) is 5.69 Å². The highest BCUT2D eigenvalue weighted by molar-refractivity contribution is 5.94. The molecule has 3 aromatic rings. The average molecular weight is 333 g/mol. The lowest BCUT2D eigenvalue weighted by atomic mass is 10.1. The van der Waals surface area contributed by atoms with E-state index in [4.69, 9.17) is 0 Å². The number of nitrogens with zero attached hydrogens (tertiary/aromatic N) is 2. The molecular formula is C21H23N3O. The Labute approximate surface area is 148 Å². The van der Waals surface area contributed by atoms with Crippen LogP contribution in [0.15, 0.2) is 73.1 Å². The Morgan fingerprint density at radius 2 is 1.52 bits per heavy atom. The maximum atomic E-state index is 12.3. The standard InChI is InChI=1S/C21H23N3O/c1-23(2)16-18-7-5-17(6-8-18)15-22-21(25)19-9-11-20(12-10-19)24-13-3-4-14-24/h3-14H,15-16H2,1-2H3,(H,22,25). The van der Waals surface area contributed by atoms with Crippen LogP contribution in [0.4, 0.5) is 0 Å². The van der Waals surface area contributed by atoms with Gasteiger partial charge in [0.2, 0.25) is 0 Å². The van der Waals surface area contributed by atoms with Gasteiger partial charge in [0.25, 0.3) is 5.91 Å². The number of nitrogens with one attached hydrogen (secondary N) is 1. The summed E-state index contributed by atoms with van der Waals surface area (Å²) in [5, 5.41) is 2.97. The van der Waals surface area contributed by atoms with Gasteiger partial charge in [0, 0.05) is 36.7 Å². The molecule has 1 heterocycles. The van der Waals surface area contributed by atoms with Gasteiger partial charge >= 0.3 is 0 Å². The Hall–Kier alpha value is -2.85. The second-order valence-electron chi connectivity index (χ2n) is 6.37. The van der Waals surface area contributed by atoms with Crippen LogP contribution in [0.2, 0.25) is 0 Å². The van der Waals surface area contributed by atoms with Gasteiger partial charge in [-0.05, 0) is 61.6 Å². The Morgan fingerprint density at radius 1 is 0.920 bits per heavy atom. The van der Waals surface area contributed by atoms with E-state index in [9.17, 15) is 4.79 Å². The molecule has 1 aromatic heterocycles. The summed E-state index contributed by atoms with van der Waals surface area (Å²) in [7, 11) is 4.10. The van der Waals surface area contributed by atoms with Crippen molar-refractivity contribution in [3.8, 4) is 5.69 Å². The second-order valence-corrected chi connectivity index (χ2v) is 6.37. The van der Waals surface area contributed by atoms with Gasteiger partial charge in [-0.1, -0.05) is 24.3 Å². The smallest absolute Gasteiger partial charge is 0.251 e. The van der Waals surface area contributed by atoms with E-state index in [0.29, 0.717) is 12.1 Å². The van der Waals surface area contributed by atoms with Gasteiger partial charge in [-0.25, -0.2) is 0 Å². The number of hydrogen-bond acceptors (Lipinski definition) is 2. The molecule has 0 unspecified atom stereocenters. The molecule has 0 bridgehead atoms. The van der Waals surface area contributed by atoms with E-state index in [0.717, 1.165) is 17.8 Å². The van der Waals surface area contributed by atoms with E-state index in [1.807, 2.05) is 53.4 Å². The molecule has 0 aliphatic rings. The van der Waals surface area contributed by atoms with Gasteiger partial charge in [-0.3, -0.25) is 4.79 Å². The number of benzene rings is 2. The topological polar surface area (TPSA) is 37.3 Å². The minimum absolute atomic E-state index is 0.0589. The molecule has 0 fully saturated rings. The molecule has 2 aromatic carbocycles. The fraction of sp³-hybridized carbons (Fsp3) is 0.190. The van der Waals surface area contributed by atoms with Crippen molar-refractivity contribution in [2.45, 2.75) is 13.1 Å². The average Bonchev–Trinajstić information content (AvgIpc) is 3.15. The Kier molecular flexibility index (Phi) is 5.31.